The summed E-state index contributed by atoms with van der Waals surface area (Å²) >= 11 is 19.6. The Balaban J connectivity index is 1.01. The first-order chi connectivity index (χ1) is 22.8. The molecule has 0 bridgehead atoms. The van der Waals surface area contributed by atoms with E-state index in [0.717, 1.165) is 79.3 Å². The van der Waals surface area contributed by atoms with E-state index in [2.05, 4.69) is 44.7 Å². The lowest BCUT2D eigenvalue weighted by Crippen LogP contribution is -2.47. The molecule has 7 rings (SSSR count). The molecule has 4 fully saturated rings. The third-order valence-electron chi connectivity index (χ3n) is 10.0. The molecule has 2 saturated carbocycles. The third-order valence-corrected chi connectivity index (χ3v) is 11.0. The molecule has 7 nitrogen and oxygen atoms in total. The Morgan fingerprint density at radius 2 is 1.83 bits per heavy atom. The molecule has 10 heteroatoms. The highest BCUT2D eigenvalue weighted by atomic mass is 35.5. The first-order valence-corrected chi connectivity index (χ1v) is 18.3. The molecule has 0 unspecified atom stereocenters. The Bertz CT molecular complexity index is 1560. The number of halogens is 3. The van der Waals surface area contributed by atoms with E-state index in [9.17, 15) is 4.79 Å². The number of amides is 1. The van der Waals surface area contributed by atoms with Gasteiger partial charge in [0.25, 0.3) is 0 Å². The molecule has 4 aliphatic rings. The zero-order valence-corrected chi connectivity index (χ0v) is 29.3. The largest absolute Gasteiger partial charge is 0.485 e. The molecular formula is C37H44Cl3N5O2. The number of nitrogens with one attached hydrogen (secondary N) is 2. The number of carbonyl (C=O) groups is 1. The van der Waals surface area contributed by atoms with Crippen LogP contribution in [-0.2, 0) is 17.8 Å². The van der Waals surface area contributed by atoms with Crippen LogP contribution in [0, 0.1) is 12.8 Å². The van der Waals surface area contributed by atoms with E-state index in [1.807, 2.05) is 31.3 Å². The number of rotatable bonds is 12. The van der Waals surface area contributed by atoms with Crippen molar-refractivity contribution in [1.29, 1.82) is 0 Å². The number of hydrogen-bond donors (Lipinski definition) is 2. The summed E-state index contributed by atoms with van der Waals surface area (Å²) < 4.78 is 6.24. The van der Waals surface area contributed by atoms with Crippen LogP contribution in [0.4, 0.5) is 5.82 Å². The predicted molar refractivity (Wildman–Crippen MR) is 190 cm³/mol. The van der Waals surface area contributed by atoms with E-state index in [4.69, 9.17) is 44.5 Å². The number of aryl methyl sites for hydroxylation is 1. The second-order valence-corrected chi connectivity index (χ2v) is 15.0. The van der Waals surface area contributed by atoms with Crippen LogP contribution >= 0.6 is 34.8 Å². The predicted octanol–water partition coefficient (Wildman–Crippen LogP) is 7.19. The zero-order valence-electron chi connectivity index (χ0n) is 27.0. The van der Waals surface area contributed by atoms with Gasteiger partial charge in [-0.15, -0.1) is 0 Å². The van der Waals surface area contributed by atoms with Gasteiger partial charge in [0.1, 0.15) is 11.9 Å². The molecule has 2 N–H and O–H groups in total. The van der Waals surface area contributed by atoms with Crippen LogP contribution in [0.1, 0.15) is 66.7 Å². The lowest BCUT2D eigenvalue weighted by molar-refractivity contribution is -0.138. The fourth-order valence-corrected chi connectivity index (χ4v) is 7.96. The van der Waals surface area contributed by atoms with Gasteiger partial charge >= 0.3 is 0 Å². The lowest BCUT2D eigenvalue weighted by Gasteiger charge is -2.36. The molecule has 3 atom stereocenters. The summed E-state index contributed by atoms with van der Waals surface area (Å²) in [6.45, 7) is 6.60. The minimum Gasteiger partial charge on any atom is -0.485 e. The molecule has 2 aliphatic heterocycles. The van der Waals surface area contributed by atoms with Crippen molar-refractivity contribution in [2.45, 2.75) is 82.5 Å². The Kier molecular flexibility index (Phi) is 10.2. The van der Waals surface area contributed by atoms with Crippen molar-refractivity contribution in [2.75, 3.05) is 37.6 Å². The topological polar surface area (TPSA) is 69.7 Å². The number of hydrogen-bond acceptors (Lipinski definition) is 6. The quantitative estimate of drug-likeness (QED) is 0.209. The van der Waals surface area contributed by atoms with Crippen LogP contribution in [0.15, 0.2) is 48.7 Å². The van der Waals surface area contributed by atoms with Gasteiger partial charge in [-0.2, -0.15) is 0 Å². The molecule has 0 spiro atoms. The summed E-state index contributed by atoms with van der Waals surface area (Å²) in [5.74, 6) is 1.66. The second kappa shape index (κ2) is 14.5. The molecule has 0 radical (unpaired) electrons. The molecule has 2 aromatic carbocycles. The number of piperidine rings is 1. The molecule has 2 aliphatic carbocycles. The average molecular weight is 697 g/mol. The van der Waals surface area contributed by atoms with Crippen molar-refractivity contribution < 1.29 is 9.53 Å². The number of pyridine rings is 1. The van der Waals surface area contributed by atoms with Gasteiger partial charge in [-0.05, 0) is 111 Å². The number of ether oxygens (including phenoxy) is 1. The molecule has 3 aromatic rings. The van der Waals surface area contributed by atoms with Gasteiger partial charge < -0.3 is 25.2 Å². The highest BCUT2D eigenvalue weighted by Crippen LogP contribution is 2.38. The molecule has 250 valence electrons. The van der Waals surface area contributed by atoms with Gasteiger partial charge in [0.05, 0.1) is 22.5 Å². The van der Waals surface area contributed by atoms with Crippen LogP contribution < -0.4 is 20.3 Å². The van der Waals surface area contributed by atoms with Gasteiger partial charge in [-0.25, -0.2) is 4.98 Å². The van der Waals surface area contributed by atoms with Crippen molar-refractivity contribution in [3.05, 3.63) is 86.0 Å². The maximum absolute atomic E-state index is 14.3. The van der Waals surface area contributed by atoms with Crippen molar-refractivity contribution >= 4 is 46.5 Å². The van der Waals surface area contributed by atoms with E-state index >= 15 is 0 Å². The van der Waals surface area contributed by atoms with Gasteiger partial charge in [0, 0.05) is 49.4 Å². The maximum atomic E-state index is 14.3. The number of anilines is 1. The van der Waals surface area contributed by atoms with Crippen molar-refractivity contribution in [3.63, 3.8) is 0 Å². The van der Waals surface area contributed by atoms with Gasteiger partial charge in [-0.1, -0.05) is 53.0 Å². The molecule has 2 saturated heterocycles. The lowest BCUT2D eigenvalue weighted by atomic mass is 9.80. The fourth-order valence-electron chi connectivity index (χ4n) is 7.10. The smallest absolute Gasteiger partial charge is 0.228 e. The van der Waals surface area contributed by atoms with E-state index in [1.165, 1.54) is 18.4 Å². The minimum atomic E-state index is -0.143. The number of nitrogens with zero attached hydrogens (tertiary/aromatic N) is 3. The first kappa shape index (κ1) is 33.0. The van der Waals surface area contributed by atoms with E-state index in [0.29, 0.717) is 41.5 Å². The van der Waals surface area contributed by atoms with Crippen LogP contribution in [-0.4, -0.2) is 66.7 Å². The molecule has 3 heterocycles. The fraction of sp³-hybridized carbons (Fsp3) is 0.514. The summed E-state index contributed by atoms with van der Waals surface area (Å²) in [5.41, 5.74) is 4.44. The van der Waals surface area contributed by atoms with Crippen molar-refractivity contribution in [1.82, 2.24) is 20.5 Å². The van der Waals surface area contributed by atoms with E-state index in [1.54, 1.807) is 0 Å². The summed E-state index contributed by atoms with van der Waals surface area (Å²) in [6, 6.07) is 15.3. The Hall–Kier alpha value is -2.55. The first-order valence-electron chi connectivity index (χ1n) is 17.2. The zero-order chi connectivity index (χ0) is 32.5. The summed E-state index contributed by atoms with van der Waals surface area (Å²) in [4.78, 5) is 23.6. The molecule has 1 amide bonds. The average Bonchev–Trinajstić information content (AvgIpc) is 4.02. The number of aromatic nitrogens is 1. The summed E-state index contributed by atoms with van der Waals surface area (Å²) in [6.07, 6.45) is 9.36. The summed E-state index contributed by atoms with van der Waals surface area (Å²) in [7, 11) is 0. The second-order valence-electron chi connectivity index (χ2n) is 13.8. The Morgan fingerprint density at radius 1 is 1.02 bits per heavy atom. The van der Waals surface area contributed by atoms with E-state index < -0.39 is 0 Å². The standard InChI is InChI=1S/C37H44Cl3N5O2/c1-23-16-33(39)36(34(40)17-23)47-29-12-15-44(22-29)35-9-3-25(19-43-35)30-11-13-41-20-31(30)37(46)45(28-6-7-28)21-26-18-24(2-8-32(26)38)10-14-42-27-4-5-27/h2-3,8-9,16-19,27-31,41-42H,4-7,10-15,20-22H2,1H3/t29-,30-,31+/m1/s1. The maximum Gasteiger partial charge on any atom is 0.228 e. The monoisotopic (exact) mass is 695 g/mol. The third kappa shape index (κ3) is 8.02. The molecule has 1 aromatic heterocycles. The Morgan fingerprint density at radius 3 is 2.55 bits per heavy atom. The number of carbonyl (C=O) groups excluding carboxylic acids is 1. The minimum absolute atomic E-state index is 0.0254. The normalized spacial score (nSPS) is 22.8. The summed E-state index contributed by atoms with van der Waals surface area (Å²) in [5, 5.41) is 8.91. The Labute approximate surface area is 293 Å². The van der Waals surface area contributed by atoms with Gasteiger partial charge in [-0.3, -0.25) is 4.79 Å². The molecule has 47 heavy (non-hydrogen) atoms. The van der Waals surface area contributed by atoms with Gasteiger partial charge in [0.15, 0.2) is 5.75 Å². The molecular weight excluding hydrogens is 653 g/mol. The van der Waals surface area contributed by atoms with Gasteiger partial charge in [0.2, 0.25) is 5.91 Å². The highest BCUT2D eigenvalue weighted by Gasteiger charge is 2.40. The van der Waals surface area contributed by atoms with Crippen LogP contribution in [0.25, 0.3) is 0 Å². The van der Waals surface area contributed by atoms with Crippen LogP contribution in [0.5, 0.6) is 5.75 Å². The van der Waals surface area contributed by atoms with E-state index in [-0.39, 0.29) is 29.9 Å². The SMILES string of the molecule is Cc1cc(Cl)c(O[C@@H]2CCN(c3ccc([C@H]4CCNC[C@@H]4C(=O)N(Cc4cc(CCNC5CC5)ccc4Cl)C4CC4)cn3)C2)c(Cl)c1. The number of benzene rings is 2. The van der Waals surface area contributed by atoms with Crippen molar-refractivity contribution in [2.24, 2.45) is 5.92 Å². The van der Waals surface area contributed by atoms with Crippen LogP contribution in [0.2, 0.25) is 15.1 Å². The van der Waals surface area contributed by atoms with Crippen molar-refractivity contribution in [3.8, 4) is 5.75 Å². The highest BCUT2D eigenvalue weighted by molar-refractivity contribution is 6.37. The van der Waals surface area contributed by atoms with Crippen LogP contribution in [0.3, 0.4) is 0 Å².